The minimum absolute atomic E-state index is 0.191. The fraction of sp³-hybridized carbons (Fsp3) is 1.00. The topological polar surface area (TPSA) is 57.6 Å². The van der Waals surface area contributed by atoms with E-state index in [-0.39, 0.29) is 6.61 Å². The molecule has 0 atom stereocenters. The Morgan fingerprint density at radius 1 is 0.944 bits per heavy atom. The number of sulfonamides is 1. The van der Waals surface area contributed by atoms with Crippen LogP contribution in [0.1, 0.15) is 44.9 Å². The average Bonchev–Trinajstić information content (AvgIpc) is 2.39. The lowest BCUT2D eigenvalue weighted by molar-refractivity contribution is 0.169. The average molecular weight is 275 g/mol. The highest BCUT2D eigenvalue weighted by atomic mass is 32.2. The summed E-state index contributed by atoms with van der Waals surface area (Å²) in [5, 5.41) is 9.07. The second-order valence-corrected chi connectivity index (χ2v) is 7.82. The predicted molar refractivity (Wildman–Crippen MR) is 71.7 cm³/mol. The van der Waals surface area contributed by atoms with Crippen LogP contribution in [0.5, 0.6) is 0 Å². The van der Waals surface area contributed by atoms with Gasteiger partial charge in [-0.15, -0.1) is 0 Å². The molecule has 1 saturated carbocycles. The summed E-state index contributed by atoms with van der Waals surface area (Å²) in [5.74, 6) is 1.02. The number of hydrogen-bond acceptors (Lipinski definition) is 3. The Balaban J connectivity index is 1.86. The van der Waals surface area contributed by atoms with Crippen LogP contribution < -0.4 is 0 Å². The molecule has 2 aliphatic rings. The van der Waals surface area contributed by atoms with Crippen molar-refractivity contribution in [1.29, 1.82) is 0 Å². The Kier molecular flexibility index (Phi) is 5.04. The smallest absolute Gasteiger partial charge is 0.214 e. The highest BCUT2D eigenvalue weighted by Gasteiger charge is 2.30. The number of aliphatic hydroxyl groups excluding tert-OH is 1. The number of rotatable bonds is 4. The molecule has 0 aromatic rings. The fourth-order valence-corrected chi connectivity index (χ4v) is 5.03. The van der Waals surface area contributed by atoms with E-state index in [1.54, 1.807) is 4.31 Å². The van der Waals surface area contributed by atoms with Gasteiger partial charge in [0.2, 0.25) is 10.0 Å². The van der Waals surface area contributed by atoms with Gasteiger partial charge in [0.25, 0.3) is 0 Å². The normalized spacial score (nSPS) is 25.4. The lowest BCUT2D eigenvalue weighted by Gasteiger charge is -2.32. The van der Waals surface area contributed by atoms with Crippen molar-refractivity contribution in [2.75, 3.05) is 25.4 Å². The molecule has 0 unspecified atom stereocenters. The van der Waals surface area contributed by atoms with Gasteiger partial charge in [-0.2, -0.15) is 0 Å². The maximum Gasteiger partial charge on any atom is 0.214 e. The lowest BCUT2D eigenvalue weighted by atomic mass is 9.91. The third kappa shape index (κ3) is 3.68. The summed E-state index contributed by atoms with van der Waals surface area (Å²) < 4.78 is 26.3. The van der Waals surface area contributed by atoms with Crippen LogP contribution in [0.4, 0.5) is 0 Å². The number of piperidine rings is 1. The molecule has 2 rings (SSSR count). The molecule has 1 aliphatic heterocycles. The van der Waals surface area contributed by atoms with E-state index in [0.29, 0.717) is 30.7 Å². The second-order valence-electron chi connectivity index (χ2n) is 5.81. The summed E-state index contributed by atoms with van der Waals surface area (Å²) in [6, 6.07) is 0. The van der Waals surface area contributed by atoms with Crippen LogP contribution in [0.25, 0.3) is 0 Å². The SMILES string of the molecule is O=S(=O)(CC1CCCCC1)N1CCC(CO)CC1. The van der Waals surface area contributed by atoms with E-state index in [2.05, 4.69) is 0 Å². The van der Waals surface area contributed by atoms with Crippen molar-refractivity contribution in [1.82, 2.24) is 4.31 Å². The van der Waals surface area contributed by atoms with Gasteiger partial charge in [0, 0.05) is 19.7 Å². The molecule has 0 amide bonds. The van der Waals surface area contributed by atoms with Gasteiger partial charge >= 0.3 is 0 Å². The van der Waals surface area contributed by atoms with E-state index in [1.807, 2.05) is 0 Å². The molecule has 0 spiro atoms. The summed E-state index contributed by atoms with van der Waals surface area (Å²) in [4.78, 5) is 0. The van der Waals surface area contributed by atoms with Gasteiger partial charge in [0.05, 0.1) is 5.75 Å². The fourth-order valence-electron chi connectivity index (χ4n) is 3.13. The first-order valence-electron chi connectivity index (χ1n) is 7.20. The molecule has 106 valence electrons. The quantitative estimate of drug-likeness (QED) is 0.848. The highest BCUT2D eigenvalue weighted by Crippen LogP contribution is 2.27. The van der Waals surface area contributed by atoms with Crippen LogP contribution in [0.3, 0.4) is 0 Å². The maximum atomic E-state index is 12.3. The summed E-state index contributed by atoms with van der Waals surface area (Å²) >= 11 is 0. The van der Waals surface area contributed by atoms with Gasteiger partial charge in [-0.25, -0.2) is 12.7 Å². The van der Waals surface area contributed by atoms with Crippen molar-refractivity contribution >= 4 is 10.0 Å². The minimum atomic E-state index is -3.06. The Hall–Kier alpha value is -0.130. The van der Waals surface area contributed by atoms with Gasteiger partial charge in [-0.3, -0.25) is 0 Å². The monoisotopic (exact) mass is 275 g/mol. The Morgan fingerprint density at radius 3 is 2.11 bits per heavy atom. The summed E-state index contributed by atoms with van der Waals surface area (Å²) in [6.45, 7) is 1.39. The van der Waals surface area contributed by atoms with Crippen molar-refractivity contribution < 1.29 is 13.5 Å². The summed E-state index contributed by atoms with van der Waals surface area (Å²) in [7, 11) is -3.06. The van der Waals surface area contributed by atoms with Gasteiger partial charge in [0.1, 0.15) is 0 Å². The molecule has 0 bridgehead atoms. The third-order valence-electron chi connectivity index (χ3n) is 4.40. The summed E-state index contributed by atoms with van der Waals surface area (Å²) in [6.07, 6.45) is 7.40. The van der Waals surface area contributed by atoms with E-state index in [9.17, 15) is 8.42 Å². The van der Waals surface area contributed by atoms with Crippen molar-refractivity contribution in [2.24, 2.45) is 11.8 Å². The van der Waals surface area contributed by atoms with E-state index >= 15 is 0 Å². The maximum absolute atomic E-state index is 12.3. The molecule has 0 aromatic carbocycles. The molecular weight excluding hydrogens is 250 g/mol. The van der Waals surface area contributed by atoms with E-state index in [0.717, 1.165) is 25.7 Å². The third-order valence-corrected chi connectivity index (χ3v) is 6.44. The lowest BCUT2D eigenvalue weighted by Crippen LogP contribution is -2.41. The number of nitrogens with zero attached hydrogens (tertiary/aromatic N) is 1. The van der Waals surface area contributed by atoms with Crippen LogP contribution in [0.2, 0.25) is 0 Å². The Morgan fingerprint density at radius 2 is 1.56 bits per heavy atom. The first kappa shape index (κ1) is 14.3. The van der Waals surface area contributed by atoms with Gasteiger partial charge in [-0.1, -0.05) is 19.3 Å². The number of hydrogen-bond donors (Lipinski definition) is 1. The molecular formula is C13H25NO3S. The van der Waals surface area contributed by atoms with E-state index in [1.165, 1.54) is 19.3 Å². The van der Waals surface area contributed by atoms with Gasteiger partial charge in [0.15, 0.2) is 0 Å². The Bertz CT molecular complexity index is 341. The standard InChI is InChI=1S/C13H25NO3S/c15-10-12-6-8-14(9-7-12)18(16,17)11-13-4-2-1-3-5-13/h12-13,15H,1-11H2. The van der Waals surface area contributed by atoms with E-state index < -0.39 is 10.0 Å². The minimum Gasteiger partial charge on any atom is -0.396 e. The molecule has 1 N–H and O–H groups in total. The van der Waals surface area contributed by atoms with Crippen molar-refractivity contribution in [3.63, 3.8) is 0 Å². The molecule has 1 aliphatic carbocycles. The first-order chi connectivity index (χ1) is 8.62. The Labute approximate surface area is 110 Å². The van der Waals surface area contributed by atoms with Gasteiger partial charge < -0.3 is 5.11 Å². The van der Waals surface area contributed by atoms with Crippen LogP contribution >= 0.6 is 0 Å². The molecule has 18 heavy (non-hydrogen) atoms. The molecule has 4 nitrogen and oxygen atoms in total. The van der Waals surface area contributed by atoms with Crippen molar-refractivity contribution in [3.8, 4) is 0 Å². The number of aliphatic hydroxyl groups is 1. The molecule has 1 heterocycles. The van der Waals surface area contributed by atoms with Gasteiger partial charge in [-0.05, 0) is 37.5 Å². The largest absolute Gasteiger partial charge is 0.396 e. The zero-order valence-corrected chi connectivity index (χ0v) is 11.9. The molecule has 0 aromatic heterocycles. The predicted octanol–water partition coefficient (Wildman–Crippen LogP) is 1.60. The van der Waals surface area contributed by atoms with Crippen molar-refractivity contribution in [2.45, 2.75) is 44.9 Å². The first-order valence-corrected chi connectivity index (χ1v) is 8.81. The zero-order chi connectivity index (χ0) is 13.0. The zero-order valence-electron chi connectivity index (χ0n) is 11.1. The summed E-state index contributed by atoms with van der Waals surface area (Å²) in [5.41, 5.74) is 0. The highest BCUT2D eigenvalue weighted by molar-refractivity contribution is 7.89. The molecule has 2 fully saturated rings. The van der Waals surface area contributed by atoms with Crippen LogP contribution in [0.15, 0.2) is 0 Å². The second kappa shape index (κ2) is 6.35. The molecule has 0 radical (unpaired) electrons. The van der Waals surface area contributed by atoms with Crippen molar-refractivity contribution in [3.05, 3.63) is 0 Å². The molecule has 1 saturated heterocycles. The van der Waals surface area contributed by atoms with Crippen LogP contribution in [0, 0.1) is 11.8 Å². The molecule has 5 heteroatoms. The van der Waals surface area contributed by atoms with E-state index in [4.69, 9.17) is 5.11 Å². The van der Waals surface area contributed by atoms with Crippen LogP contribution in [-0.4, -0.2) is 43.3 Å². The van der Waals surface area contributed by atoms with Crippen LogP contribution in [-0.2, 0) is 10.0 Å².